The number of likely N-dealkylation sites (N-methyl/N-ethyl adjacent to an activating group) is 1. The van der Waals surface area contributed by atoms with Crippen molar-refractivity contribution in [2.75, 3.05) is 33.4 Å². The normalized spacial score (nSPS) is 19.4. The van der Waals surface area contributed by atoms with E-state index in [2.05, 4.69) is 4.74 Å². The molecule has 18 heavy (non-hydrogen) atoms. The second-order valence-corrected chi connectivity index (χ2v) is 4.36. The van der Waals surface area contributed by atoms with Gasteiger partial charge in [-0.1, -0.05) is 0 Å². The Labute approximate surface area is 102 Å². The van der Waals surface area contributed by atoms with Crippen LogP contribution in [0.1, 0.15) is 12.8 Å². The smallest absolute Gasteiger partial charge is 0.422 e. The minimum atomic E-state index is -4.55. The molecule has 1 aliphatic rings. The number of carbonyl (C=O) groups is 1. The molecule has 0 unspecified atom stereocenters. The van der Waals surface area contributed by atoms with Gasteiger partial charge in [0.1, 0.15) is 0 Å². The van der Waals surface area contributed by atoms with Gasteiger partial charge in [-0.25, -0.2) is 4.79 Å². The number of halogens is 3. The van der Waals surface area contributed by atoms with Crippen molar-refractivity contribution >= 4 is 6.09 Å². The van der Waals surface area contributed by atoms with Crippen molar-refractivity contribution in [3.05, 3.63) is 0 Å². The van der Waals surface area contributed by atoms with Gasteiger partial charge in [-0.3, -0.25) is 0 Å². The summed E-state index contributed by atoms with van der Waals surface area (Å²) in [5.41, 5.74) is -1.12. The average Bonchev–Trinajstić information content (AvgIpc) is 2.25. The third-order valence-corrected chi connectivity index (χ3v) is 2.63. The van der Waals surface area contributed by atoms with Gasteiger partial charge in [-0.15, -0.1) is 0 Å². The van der Waals surface area contributed by atoms with Crippen LogP contribution in [0.3, 0.4) is 0 Å². The molecule has 1 amide bonds. The topological polar surface area (TPSA) is 59.0 Å². The highest BCUT2D eigenvalue weighted by molar-refractivity contribution is 5.67. The second kappa shape index (κ2) is 5.75. The standard InChI is InChI=1S/C10H16F3NO4/c1-14(8(15)18-7-10(11,12)13)6-9(16)2-4-17-5-3-9/h16H,2-7H2,1H3. The monoisotopic (exact) mass is 271 g/mol. The number of ether oxygens (including phenoxy) is 2. The molecule has 1 rings (SSSR count). The molecular formula is C10H16F3NO4. The number of carbonyl (C=O) groups excluding carboxylic acids is 1. The zero-order valence-corrected chi connectivity index (χ0v) is 10.00. The SMILES string of the molecule is CN(CC1(O)CCOCC1)C(=O)OCC(F)(F)F. The summed E-state index contributed by atoms with van der Waals surface area (Å²) in [5, 5.41) is 10.1. The predicted octanol–water partition coefficient (Wildman–Crippen LogP) is 1.16. The van der Waals surface area contributed by atoms with E-state index in [0.29, 0.717) is 26.1 Å². The number of nitrogens with zero attached hydrogens (tertiary/aromatic N) is 1. The molecule has 0 spiro atoms. The van der Waals surface area contributed by atoms with E-state index in [4.69, 9.17) is 4.74 Å². The predicted molar refractivity (Wildman–Crippen MR) is 55.0 cm³/mol. The maximum Gasteiger partial charge on any atom is 0.422 e. The molecule has 0 aromatic heterocycles. The van der Waals surface area contributed by atoms with Crippen LogP contribution >= 0.6 is 0 Å². The number of amides is 1. The van der Waals surface area contributed by atoms with E-state index in [1.165, 1.54) is 7.05 Å². The average molecular weight is 271 g/mol. The first kappa shape index (κ1) is 15.0. The molecule has 1 aliphatic heterocycles. The molecule has 106 valence electrons. The lowest BCUT2D eigenvalue weighted by atomic mass is 9.94. The van der Waals surface area contributed by atoms with Crippen molar-refractivity contribution in [3.8, 4) is 0 Å². The lowest BCUT2D eigenvalue weighted by molar-refractivity contribution is -0.163. The fourth-order valence-electron chi connectivity index (χ4n) is 1.67. The molecule has 0 aromatic carbocycles. The van der Waals surface area contributed by atoms with E-state index in [-0.39, 0.29) is 6.54 Å². The molecule has 0 radical (unpaired) electrons. The van der Waals surface area contributed by atoms with Crippen LogP contribution in [-0.2, 0) is 9.47 Å². The molecule has 8 heteroatoms. The zero-order chi connectivity index (χ0) is 13.8. The van der Waals surface area contributed by atoms with Crippen molar-refractivity contribution in [2.45, 2.75) is 24.6 Å². The Hall–Kier alpha value is -1.02. The van der Waals surface area contributed by atoms with Crippen molar-refractivity contribution < 1.29 is 32.5 Å². The Bertz CT molecular complexity index is 289. The first-order valence-electron chi connectivity index (χ1n) is 5.47. The van der Waals surface area contributed by atoms with Crippen LogP contribution in [0, 0.1) is 0 Å². The van der Waals surface area contributed by atoms with Crippen LogP contribution in [0.15, 0.2) is 0 Å². The first-order chi connectivity index (χ1) is 8.22. The lowest BCUT2D eigenvalue weighted by Crippen LogP contribution is -2.47. The van der Waals surface area contributed by atoms with E-state index in [1.54, 1.807) is 0 Å². The van der Waals surface area contributed by atoms with E-state index in [9.17, 15) is 23.1 Å². The van der Waals surface area contributed by atoms with E-state index < -0.39 is 24.5 Å². The fourth-order valence-corrected chi connectivity index (χ4v) is 1.67. The van der Waals surface area contributed by atoms with E-state index in [0.717, 1.165) is 4.90 Å². The summed E-state index contributed by atoms with van der Waals surface area (Å²) in [6, 6.07) is 0. The molecule has 0 saturated carbocycles. The van der Waals surface area contributed by atoms with Crippen molar-refractivity contribution in [3.63, 3.8) is 0 Å². The molecule has 0 atom stereocenters. The van der Waals surface area contributed by atoms with Crippen molar-refractivity contribution in [2.24, 2.45) is 0 Å². The summed E-state index contributed by atoms with van der Waals surface area (Å²) < 4.78 is 44.7. The van der Waals surface area contributed by atoms with Crippen LogP contribution in [0.4, 0.5) is 18.0 Å². The third kappa shape index (κ3) is 5.09. The Morgan fingerprint density at radius 3 is 2.50 bits per heavy atom. The Balaban J connectivity index is 2.39. The Morgan fingerprint density at radius 2 is 2.00 bits per heavy atom. The van der Waals surface area contributed by atoms with Crippen molar-refractivity contribution in [1.29, 1.82) is 0 Å². The zero-order valence-electron chi connectivity index (χ0n) is 10.00. The molecular weight excluding hydrogens is 255 g/mol. The number of rotatable bonds is 3. The van der Waals surface area contributed by atoms with E-state index >= 15 is 0 Å². The third-order valence-electron chi connectivity index (χ3n) is 2.63. The van der Waals surface area contributed by atoms with Crippen LogP contribution in [0.5, 0.6) is 0 Å². The molecule has 0 bridgehead atoms. The minimum absolute atomic E-state index is 0.0763. The largest absolute Gasteiger partial charge is 0.440 e. The van der Waals surface area contributed by atoms with Gasteiger partial charge in [0.25, 0.3) is 0 Å². The highest BCUT2D eigenvalue weighted by Crippen LogP contribution is 2.22. The number of hydrogen-bond acceptors (Lipinski definition) is 4. The molecule has 1 N–H and O–H groups in total. The second-order valence-electron chi connectivity index (χ2n) is 4.36. The van der Waals surface area contributed by atoms with E-state index in [1.807, 2.05) is 0 Å². The van der Waals surface area contributed by atoms with Crippen molar-refractivity contribution in [1.82, 2.24) is 4.90 Å². The van der Waals surface area contributed by atoms with Crippen LogP contribution in [0.25, 0.3) is 0 Å². The summed E-state index contributed by atoms with van der Waals surface area (Å²) in [6.07, 6.45) is -4.98. The number of hydrogen-bond donors (Lipinski definition) is 1. The van der Waals surface area contributed by atoms with Gasteiger partial charge >= 0.3 is 12.3 Å². The maximum atomic E-state index is 11.9. The molecule has 1 heterocycles. The minimum Gasteiger partial charge on any atom is -0.440 e. The summed E-state index contributed by atoms with van der Waals surface area (Å²) in [7, 11) is 1.28. The van der Waals surface area contributed by atoms with Gasteiger partial charge in [-0.2, -0.15) is 13.2 Å². The van der Waals surface area contributed by atoms with Gasteiger partial charge in [-0.05, 0) is 0 Å². The van der Waals surface area contributed by atoms with Crippen LogP contribution in [0.2, 0.25) is 0 Å². The summed E-state index contributed by atoms with van der Waals surface area (Å²) in [4.78, 5) is 12.2. The van der Waals surface area contributed by atoms with Gasteiger partial charge in [0, 0.05) is 33.1 Å². The molecule has 1 saturated heterocycles. The number of alkyl halides is 3. The highest BCUT2D eigenvalue weighted by atomic mass is 19.4. The Kier molecular flexibility index (Phi) is 4.80. The molecule has 0 aliphatic carbocycles. The maximum absolute atomic E-state index is 11.9. The van der Waals surface area contributed by atoms with Gasteiger partial charge in [0.15, 0.2) is 6.61 Å². The summed E-state index contributed by atoms with van der Waals surface area (Å²) in [5.74, 6) is 0. The number of aliphatic hydroxyl groups is 1. The molecule has 1 fully saturated rings. The first-order valence-corrected chi connectivity index (χ1v) is 5.47. The van der Waals surface area contributed by atoms with Gasteiger partial charge in [0.05, 0.1) is 12.1 Å². The lowest BCUT2D eigenvalue weighted by Gasteiger charge is -2.35. The van der Waals surface area contributed by atoms with Gasteiger partial charge in [0.2, 0.25) is 0 Å². The molecule has 5 nitrogen and oxygen atoms in total. The highest BCUT2D eigenvalue weighted by Gasteiger charge is 2.34. The quantitative estimate of drug-likeness (QED) is 0.836. The summed E-state index contributed by atoms with van der Waals surface area (Å²) in [6.45, 7) is -0.978. The fraction of sp³-hybridized carbons (Fsp3) is 0.900. The van der Waals surface area contributed by atoms with Crippen LogP contribution in [-0.4, -0.2) is 61.3 Å². The summed E-state index contributed by atoms with van der Waals surface area (Å²) >= 11 is 0. The van der Waals surface area contributed by atoms with Gasteiger partial charge < -0.3 is 19.5 Å². The Morgan fingerprint density at radius 1 is 1.44 bits per heavy atom. The molecule has 0 aromatic rings. The van der Waals surface area contributed by atoms with Crippen LogP contribution < -0.4 is 0 Å².